The number of hydrogen-bond acceptors (Lipinski definition) is 2. The molecule has 0 aliphatic heterocycles. The topological polar surface area (TPSA) is 33.1 Å². The monoisotopic (exact) mass is 201 g/mol. The summed E-state index contributed by atoms with van der Waals surface area (Å²) in [6.45, 7) is 5.67. The Hall–Kier alpha value is -1.83. The minimum Gasteiger partial charge on any atom is -0.458 e. The SMILES string of the molecule is C=C/C(=C\C=N)OC1=CCC=C(C)C=C1. The normalized spacial score (nSPS) is 16.2. The van der Waals surface area contributed by atoms with Gasteiger partial charge in [-0.3, -0.25) is 0 Å². The fourth-order valence-electron chi connectivity index (χ4n) is 1.15. The van der Waals surface area contributed by atoms with Gasteiger partial charge in [-0.15, -0.1) is 0 Å². The molecule has 0 aromatic heterocycles. The van der Waals surface area contributed by atoms with Crippen molar-refractivity contribution in [2.45, 2.75) is 13.3 Å². The van der Waals surface area contributed by atoms with Crippen LogP contribution >= 0.6 is 0 Å². The van der Waals surface area contributed by atoms with Gasteiger partial charge < -0.3 is 10.1 Å². The molecule has 0 spiro atoms. The first-order valence-corrected chi connectivity index (χ1v) is 4.82. The molecule has 0 saturated heterocycles. The van der Waals surface area contributed by atoms with Crippen molar-refractivity contribution in [2.24, 2.45) is 0 Å². The molecule has 2 heteroatoms. The second-order valence-electron chi connectivity index (χ2n) is 3.17. The summed E-state index contributed by atoms with van der Waals surface area (Å²) < 4.78 is 5.54. The highest BCUT2D eigenvalue weighted by molar-refractivity contribution is 5.69. The van der Waals surface area contributed by atoms with Crippen LogP contribution < -0.4 is 0 Å². The lowest BCUT2D eigenvalue weighted by Gasteiger charge is -2.05. The molecule has 0 heterocycles. The van der Waals surface area contributed by atoms with E-state index in [-0.39, 0.29) is 0 Å². The van der Waals surface area contributed by atoms with Crippen molar-refractivity contribution in [1.82, 2.24) is 0 Å². The van der Waals surface area contributed by atoms with E-state index in [4.69, 9.17) is 10.1 Å². The summed E-state index contributed by atoms with van der Waals surface area (Å²) in [6.07, 6.45) is 13.2. The van der Waals surface area contributed by atoms with Crippen molar-refractivity contribution in [3.8, 4) is 0 Å². The number of nitrogens with one attached hydrogen (secondary N) is 1. The summed E-state index contributed by atoms with van der Waals surface area (Å²) in [5.41, 5.74) is 1.22. The first-order valence-electron chi connectivity index (χ1n) is 4.82. The van der Waals surface area contributed by atoms with Crippen molar-refractivity contribution in [3.05, 3.63) is 60.1 Å². The Balaban J connectivity index is 2.71. The summed E-state index contributed by atoms with van der Waals surface area (Å²) in [5, 5.41) is 6.95. The molecule has 0 radical (unpaired) electrons. The summed E-state index contributed by atoms with van der Waals surface area (Å²) in [6, 6.07) is 0. The van der Waals surface area contributed by atoms with Crippen LogP contribution in [0.1, 0.15) is 13.3 Å². The largest absolute Gasteiger partial charge is 0.458 e. The predicted molar refractivity (Wildman–Crippen MR) is 63.7 cm³/mol. The van der Waals surface area contributed by atoms with E-state index in [9.17, 15) is 0 Å². The average molecular weight is 201 g/mol. The number of allylic oxidation sites excluding steroid dienone is 7. The van der Waals surface area contributed by atoms with Gasteiger partial charge in [-0.05, 0) is 37.6 Å². The lowest BCUT2D eigenvalue weighted by molar-refractivity contribution is 0.336. The van der Waals surface area contributed by atoms with E-state index in [0.29, 0.717) is 5.76 Å². The highest BCUT2D eigenvalue weighted by Crippen LogP contribution is 2.14. The molecule has 0 saturated carbocycles. The van der Waals surface area contributed by atoms with Crippen LogP contribution in [0.5, 0.6) is 0 Å². The van der Waals surface area contributed by atoms with Gasteiger partial charge in [0.2, 0.25) is 0 Å². The molecule has 0 aromatic rings. The van der Waals surface area contributed by atoms with Crippen molar-refractivity contribution >= 4 is 6.21 Å². The molecule has 0 fully saturated rings. The van der Waals surface area contributed by atoms with E-state index in [1.807, 2.05) is 18.2 Å². The Labute approximate surface area is 90.5 Å². The lowest BCUT2D eigenvalue weighted by atomic mass is 10.2. The first kappa shape index (κ1) is 11.2. The van der Waals surface area contributed by atoms with E-state index in [1.165, 1.54) is 11.8 Å². The molecule has 2 nitrogen and oxygen atoms in total. The Morgan fingerprint density at radius 3 is 2.93 bits per heavy atom. The average Bonchev–Trinajstić information content (AvgIpc) is 2.43. The van der Waals surface area contributed by atoms with E-state index in [2.05, 4.69) is 19.6 Å². The third-order valence-electron chi connectivity index (χ3n) is 1.95. The zero-order valence-electron chi connectivity index (χ0n) is 8.86. The van der Waals surface area contributed by atoms with Gasteiger partial charge in [0.25, 0.3) is 0 Å². The molecule has 0 aromatic carbocycles. The van der Waals surface area contributed by atoms with Gasteiger partial charge in [-0.1, -0.05) is 24.3 Å². The molecule has 1 rings (SSSR count). The molecule has 0 amide bonds. The molecule has 0 unspecified atom stereocenters. The zero-order valence-corrected chi connectivity index (χ0v) is 8.86. The smallest absolute Gasteiger partial charge is 0.128 e. The minimum atomic E-state index is 0.584. The van der Waals surface area contributed by atoms with Gasteiger partial charge in [-0.2, -0.15) is 0 Å². The van der Waals surface area contributed by atoms with Crippen LogP contribution in [0.2, 0.25) is 0 Å². The van der Waals surface area contributed by atoms with Gasteiger partial charge in [0, 0.05) is 6.21 Å². The van der Waals surface area contributed by atoms with Crippen LogP contribution in [0, 0.1) is 5.41 Å². The second kappa shape index (κ2) is 5.81. The maximum Gasteiger partial charge on any atom is 0.128 e. The standard InChI is InChI=1S/C13H15NO/c1-3-12(9-10-14)15-13-6-4-5-11(2)7-8-13/h3,5-10,14H,1,4H2,2H3/b12-9+,14-10?. The van der Waals surface area contributed by atoms with Crippen LogP contribution in [0.25, 0.3) is 0 Å². The Morgan fingerprint density at radius 2 is 2.27 bits per heavy atom. The zero-order chi connectivity index (χ0) is 11.1. The Bertz CT molecular complexity index is 370. The van der Waals surface area contributed by atoms with E-state index in [1.54, 1.807) is 12.2 Å². The molecule has 1 aliphatic carbocycles. The van der Waals surface area contributed by atoms with Gasteiger partial charge in [0.15, 0.2) is 0 Å². The maximum atomic E-state index is 6.95. The van der Waals surface area contributed by atoms with Crippen molar-refractivity contribution < 1.29 is 4.74 Å². The summed E-state index contributed by atoms with van der Waals surface area (Å²) in [5.74, 6) is 1.37. The van der Waals surface area contributed by atoms with E-state index in [0.717, 1.165) is 12.2 Å². The molecular weight excluding hydrogens is 186 g/mol. The van der Waals surface area contributed by atoms with E-state index < -0.39 is 0 Å². The Kier molecular flexibility index (Phi) is 4.35. The number of ether oxygens (including phenoxy) is 1. The number of rotatable bonds is 4. The van der Waals surface area contributed by atoms with Crippen molar-refractivity contribution in [3.63, 3.8) is 0 Å². The van der Waals surface area contributed by atoms with Crippen LogP contribution in [-0.2, 0) is 4.74 Å². The number of hydrogen-bond donors (Lipinski definition) is 1. The van der Waals surface area contributed by atoms with Gasteiger partial charge in [0.1, 0.15) is 11.5 Å². The third-order valence-corrected chi connectivity index (χ3v) is 1.95. The van der Waals surface area contributed by atoms with Gasteiger partial charge in [0.05, 0.1) is 0 Å². The maximum absolute atomic E-state index is 6.95. The van der Waals surface area contributed by atoms with Crippen LogP contribution in [0.3, 0.4) is 0 Å². The fourth-order valence-corrected chi connectivity index (χ4v) is 1.15. The molecule has 78 valence electrons. The predicted octanol–water partition coefficient (Wildman–Crippen LogP) is 3.51. The van der Waals surface area contributed by atoms with Crippen LogP contribution in [0.15, 0.2) is 60.1 Å². The molecular formula is C13H15NO. The molecule has 0 atom stereocenters. The Morgan fingerprint density at radius 1 is 1.47 bits per heavy atom. The molecule has 0 bridgehead atoms. The summed E-state index contributed by atoms with van der Waals surface area (Å²) in [4.78, 5) is 0. The highest BCUT2D eigenvalue weighted by atomic mass is 16.5. The fraction of sp³-hybridized carbons (Fsp3) is 0.154. The molecule has 1 aliphatic rings. The highest BCUT2D eigenvalue weighted by Gasteiger charge is 1.98. The van der Waals surface area contributed by atoms with Gasteiger partial charge >= 0.3 is 0 Å². The molecule has 15 heavy (non-hydrogen) atoms. The second-order valence-corrected chi connectivity index (χ2v) is 3.17. The first-order chi connectivity index (χ1) is 7.26. The third kappa shape index (κ3) is 3.81. The van der Waals surface area contributed by atoms with Crippen LogP contribution in [0.4, 0.5) is 0 Å². The van der Waals surface area contributed by atoms with Crippen LogP contribution in [-0.4, -0.2) is 6.21 Å². The van der Waals surface area contributed by atoms with Crippen molar-refractivity contribution in [1.29, 1.82) is 5.41 Å². The lowest BCUT2D eigenvalue weighted by Crippen LogP contribution is -1.88. The molecule has 1 N–H and O–H groups in total. The quantitative estimate of drug-likeness (QED) is 0.421. The van der Waals surface area contributed by atoms with Gasteiger partial charge in [-0.25, -0.2) is 0 Å². The minimum absolute atomic E-state index is 0.584. The van der Waals surface area contributed by atoms with Crippen molar-refractivity contribution in [2.75, 3.05) is 0 Å². The summed E-state index contributed by atoms with van der Waals surface area (Å²) in [7, 11) is 0. The summed E-state index contributed by atoms with van der Waals surface area (Å²) >= 11 is 0. The van der Waals surface area contributed by atoms with E-state index >= 15 is 0 Å².